The summed E-state index contributed by atoms with van der Waals surface area (Å²) < 4.78 is 0. The van der Waals surface area contributed by atoms with Gasteiger partial charge < -0.3 is 10.6 Å². The van der Waals surface area contributed by atoms with Gasteiger partial charge in [-0.25, -0.2) is 0 Å². The summed E-state index contributed by atoms with van der Waals surface area (Å²) in [7, 11) is 0. The van der Waals surface area contributed by atoms with Crippen molar-refractivity contribution in [3.05, 3.63) is 0 Å². The third-order valence-electron chi connectivity index (χ3n) is 6.38. The van der Waals surface area contributed by atoms with E-state index in [1.54, 1.807) is 0 Å². The molecule has 0 radical (unpaired) electrons. The number of nitrogens with zero attached hydrogens (tertiary/aromatic N) is 1. The molecule has 0 heterocycles. The lowest BCUT2D eigenvalue weighted by Gasteiger charge is -2.54. The number of carbonyl (C=O) groups is 1. The molecule has 1 amide bonds. The maximum atomic E-state index is 13.1. The molecule has 0 aliphatic heterocycles. The van der Waals surface area contributed by atoms with Crippen LogP contribution in [0.1, 0.15) is 52.9 Å². The predicted octanol–water partition coefficient (Wildman–Crippen LogP) is 2.89. The number of carbonyl (C=O) groups excluding carboxylic acids is 1. The first kappa shape index (κ1) is 15.3. The molecule has 4 aliphatic carbocycles. The Hall–Kier alpha value is -0.570. The number of amides is 1. The SMILES string of the molecule is CCN(CC(C)(C)CN)C(=O)C1C2CC3CC(C2)CC1C3. The zero-order valence-electron chi connectivity index (χ0n) is 14.0. The van der Waals surface area contributed by atoms with Crippen molar-refractivity contribution in [2.75, 3.05) is 19.6 Å². The van der Waals surface area contributed by atoms with E-state index in [4.69, 9.17) is 5.73 Å². The van der Waals surface area contributed by atoms with Crippen LogP contribution in [0.2, 0.25) is 0 Å². The van der Waals surface area contributed by atoms with Crippen LogP contribution in [-0.4, -0.2) is 30.4 Å². The fourth-order valence-electron chi connectivity index (χ4n) is 5.47. The molecule has 4 bridgehead atoms. The summed E-state index contributed by atoms with van der Waals surface area (Å²) in [6.07, 6.45) is 6.73. The number of hydrogen-bond acceptors (Lipinski definition) is 2. The Balaban J connectivity index is 1.72. The molecule has 4 rings (SSSR count). The second kappa shape index (κ2) is 5.57. The van der Waals surface area contributed by atoms with Crippen LogP contribution in [0, 0.1) is 35.0 Å². The van der Waals surface area contributed by atoms with Crippen LogP contribution >= 0.6 is 0 Å². The van der Waals surface area contributed by atoms with Crippen LogP contribution in [0.25, 0.3) is 0 Å². The largest absolute Gasteiger partial charge is 0.342 e. The predicted molar refractivity (Wildman–Crippen MR) is 85.6 cm³/mol. The lowest BCUT2D eigenvalue weighted by molar-refractivity contribution is -0.150. The van der Waals surface area contributed by atoms with E-state index in [9.17, 15) is 4.79 Å². The summed E-state index contributed by atoms with van der Waals surface area (Å²) in [6, 6.07) is 0. The molecule has 120 valence electrons. The molecule has 0 spiro atoms. The molecule has 0 saturated heterocycles. The molecular formula is C18H32N2O. The summed E-state index contributed by atoms with van der Waals surface area (Å²) in [5.41, 5.74) is 5.89. The summed E-state index contributed by atoms with van der Waals surface area (Å²) in [4.78, 5) is 15.2. The highest BCUT2D eigenvalue weighted by Gasteiger charge is 2.51. The van der Waals surface area contributed by atoms with Gasteiger partial charge in [-0.3, -0.25) is 4.79 Å². The van der Waals surface area contributed by atoms with Crippen molar-refractivity contribution >= 4 is 5.91 Å². The van der Waals surface area contributed by atoms with Crippen molar-refractivity contribution in [2.24, 2.45) is 40.7 Å². The molecule has 3 nitrogen and oxygen atoms in total. The van der Waals surface area contributed by atoms with Crippen molar-refractivity contribution in [1.82, 2.24) is 4.90 Å². The standard InChI is InChI=1S/C18H32N2O/c1-4-20(11-18(2,3)10-19)17(21)16-14-6-12-5-13(8-14)9-15(16)7-12/h12-16H,4-11,19H2,1-3H3. The Labute approximate surface area is 129 Å². The van der Waals surface area contributed by atoms with Gasteiger partial charge in [-0.05, 0) is 74.7 Å². The van der Waals surface area contributed by atoms with Gasteiger partial charge >= 0.3 is 0 Å². The first-order chi connectivity index (χ1) is 9.93. The topological polar surface area (TPSA) is 46.3 Å². The Morgan fingerprint density at radius 2 is 1.62 bits per heavy atom. The van der Waals surface area contributed by atoms with E-state index in [1.165, 1.54) is 32.1 Å². The minimum absolute atomic E-state index is 0.0254. The minimum atomic E-state index is 0.0254. The van der Waals surface area contributed by atoms with Crippen molar-refractivity contribution in [1.29, 1.82) is 0 Å². The Morgan fingerprint density at radius 3 is 2.05 bits per heavy atom. The quantitative estimate of drug-likeness (QED) is 0.847. The van der Waals surface area contributed by atoms with Gasteiger partial charge in [0.25, 0.3) is 0 Å². The second-order valence-electron chi connectivity index (χ2n) is 8.68. The zero-order chi connectivity index (χ0) is 15.2. The second-order valence-corrected chi connectivity index (χ2v) is 8.68. The van der Waals surface area contributed by atoms with E-state index < -0.39 is 0 Å². The maximum Gasteiger partial charge on any atom is 0.226 e. The molecule has 0 aromatic rings. The van der Waals surface area contributed by atoms with Gasteiger partial charge in [0.15, 0.2) is 0 Å². The summed E-state index contributed by atoms with van der Waals surface area (Å²) >= 11 is 0. The summed E-state index contributed by atoms with van der Waals surface area (Å²) in [6.45, 7) is 8.71. The van der Waals surface area contributed by atoms with Crippen LogP contribution in [-0.2, 0) is 4.79 Å². The molecule has 0 aromatic heterocycles. The van der Waals surface area contributed by atoms with Gasteiger partial charge in [-0.15, -0.1) is 0 Å². The van der Waals surface area contributed by atoms with E-state index in [1.807, 2.05) is 0 Å². The summed E-state index contributed by atoms with van der Waals surface area (Å²) in [5.74, 6) is 4.01. The smallest absolute Gasteiger partial charge is 0.226 e. The zero-order valence-corrected chi connectivity index (χ0v) is 14.0. The first-order valence-electron chi connectivity index (χ1n) is 8.92. The van der Waals surface area contributed by atoms with Crippen molar-refractivity contribution in [3.63, 3.8) is 0 Å². The monoisotopic (exact) mass is 292 g/mol. The highest BCUT2D eigenvalue weighted by Crippen LogP contribution is 2.56. The third-order valence-corrected chi connectivity index (χ3v) is 6.38. The van der Waals surface area contributed by atoms with Gasteiger partial charge in [0.1, 0.15) is 0 Å². The van der Waals surface area contributed by atoms with E-state index in [0.29, 0.717) is 30.2 Å². The molecule has 4 saturated carbocycles. The molecule has 0 unspecified atom stereocenters. The van der Waals surface area contributed by atoms with Crippen molar-refractivity contribution in [3.8, 4) is 0 Å². The molecule has 0 aromatic carbocycles. The highest BCUT2D eigenvalue weighted by molar-refractivity contribution is 5.80. The Morgan fingerprint density at radius 1 is 1.10 bits per heavy atom. The van der Waals surface area contributed by atoms with Crippen molar-refractivity contribution in [2.45, 2.75) is 52.9 Å². The lowest BCUT2D eigenvalue weighted by atomic mass is 9.51. The van der Waals surface area contributed by atoms with Gasteiger partial charge in [-0.1, -0.05) is 13.8 Å². The molecule has 2 N–H and O–H groups in total. The average molecular weight is 292 g/mol. The number of rotatable bonds is 5. The first-order valence-corrected chi connectivity index (χ1v) is 8.92. The van der Waals surface area contributed by atoms with Crippen LogP contribution in [0.3, 0.4) is 0 Å². The lowest BCUT2D eigenvalue weighted by Crippen LogP contribution is -2.53. The van der Waals surface area contributed by atoms with Gasteiger partial charge in [-0.2, -0.15) is 0 Å². The minimum Gasteiger partial charge on any atom is -0.342 e. The Bertz CT molecular complexity index is 376. The average Bonchev–Trinajstić information content (AvgIpc) is 2.43. The third kappa shape index (κ3) is 2.86. The molecule has 0 atom stereocenters. The number of hydrogen-bond donors (Lipinski definition) is 1. The van der Waals surface area contributed by atoms with Crippen LogP contribution in [0.4, 0.5) is 0 Å². The van der Waals surface area contributed by atoms with E-state index in [-0.39, 0.29) is 5.41 Å². The normalized spacial score (nSPS) is 37.8. The van der Waals surface area contributed by atoms with E-state index in [2.05, 4.69) is 25.7 Å². The maximum absolute atomic E-state index is 13.1. The number of nitrogens with two attached hydrogens (primary N) is 1. The highest BCUT2D eigenvalue weighted by atomic mass is 16.2. The van der Waals surface area contributed by atoms with Crippen molar-refractivity contribution < 1.29 is 4.79 Å². The molecule has 3 heteroatoms. The van der Waals surface area contributed by atoms with E-state index in [0.717, 1.165) is 24.9 Å². The Kier molecular flexibility index (Phi) is 4.06. The molecular weight excluding hydrogens is 260 g/mol. The fraction of sp³-hybridized carbons (Fsp3) is 0.944. The van der Waals surface area contributed by atoms with Gasteiger partial charge in [0.05, 0.1) is 0 Å². The van der Waals surface area contributed by atoms with Gasteiger partial charge in [0.2, 0.25) is 5.91 Å². The molecule has 21 heavy (non-hydrogen) atoms. The molecule has 4 aliphatic rings. The van der Waals surface area contributed by atoms with Crippen LogP contribution < -0.4 is 5.73 Å². The van der Waals surface area contributed by atoms with Gasteiger partial charge in [0, 0.05) is 19.0 Å². The fourth-order valence-corrected chi connectivity index (χ4v) is 5.47. The van der Waals surface area contributed by atoms with E-state index >= 15 is 0 Å². The van der Waals surface area contributed by atoms with Crippen LogP contribution in [0.15, 0.2) is 0 Å². The summed E-state index contributed by atoms with van der Waals surface area (Å²) in [5, 5.41) is 0. The molecule has 4 fully saturated rings. The van der Waals surface area contributed by atoms with Crippen LogP contribution in [0.5, 0.6) is 0 Å².